The second-order valence-electron chi connectivity index (χ2n) is 7.90. The van der Waals surface area contributed by atoms with Gasteiger partial charge in [0.1, 0.15) is 15.6 Å². The fourth-order valence-electron chi connectivity index (χ4n) is 3.85. The Labute approximate surface area is 202 Å². The molecule has 1 aliphatic rings. The maximum absolute atomic E-state index is 13.1. The first-order chi connectivity index (χ1) is 16.1. The minimum Gasteiger partial charge on any atom is -0.454 e. The van der Waals surface area contributed by atoms with Gasteiger partial charge in [0.05, 0.1) is 10.6 Å². The molecule has 3 heterocycles. The molecule has 33 heavy (non-hydrogen) atoms. The van der Waals surface area contributed by atoms with Crippen LogP contribution in [0.15, 0.2) is 76.2 Å². The van der Waals surface area contributed by atoms with Crippen LogP contribution in [0.1, 0.15) is 31.7 Å². The number of fused-ring (bicyclic) bond motifs is 1. The Morgan fingerprint density at radius 1 is 1.09 bits per heavy atom. The van der Waals surface area contributed by atoms with Crippen LogP contribution in [0.25, 0.3) is 34.2 Å². The van der Waals surface area contributed by atoms with Crippen molar-refractivity contribution < 1.29 is 9.21 Å². The third-order valence-electron chi connectivity index (χ3n) is 5.57. The molecule has 0 N–H and O–H groups in total. The monoisotopic (exact) mass is 473 g/mol. The fraction of sp³-hybridized carbons (Fsp3) is 0.192. The zero-order chi connectivity index (χ0) is 22.8. The van der Waals surface area contributed by atoms with E-state index in [9.17, 15) is 4.79 Å². The van der Waals surface area contributed by atoms with Crippen LogP contribution in [-0.4, -0.2) is 31.5 Å². The average Bonchev–Trinajstić information content (AvgIpc) is 3.52. The molecule has 5 rings (SSSR count). The molecule has 0 aliphatic carbocycles. The van der Waals surface area contributed by atoms with Gasteiger partial charge < -0.3 is 4.42 Å². The van der Waals surface area contributed by atoms with Crippen molar-refractivity contribution in [2.75, 3.05) is 6.54 Å². The normalized spacial score (nSPS) is 15.3. The van der Waals surface area contributed by atoms with Crippen LogP contribution in [0.3, 0.4) is 0 Å². The zero-order valence-corrected chi connectivity index (χ0v) is 19.9. The van der Waals surface area contributed by atoms with Gasteiger partial charge in [-0.05, 0) is 36.8 Å². The summed E-state index contributed by atoms with van der Waals surface area (Å²) in [5.74, 6) is 0.625. The van der Waals surface area contributed by atoms with E-state index in [4.69, 9.17) is 21.7 Å². The second kappa shape index (κ2) is 9.37. The molecule has 1 aliphatic heterocycles. The quantitative estimate of drug-likeness (QED) is 0.170. The Balaban J connectivity index is 1.55. The second-order valence-corrected chi connectivity index (χ2v) is 9.58. The van der Waals surface area contributed by atoms with Gasteiger partial charge in [-0.15, -0.1) is 0 Å². The van der Waals surface area contributed by atoms with Crippen molar-refractivity contribution in [1.29, 1.82) is 0 Å². The Bertz CT molecular complexity index is 1320. The van der Waals surface area contributed by atoms with E-state index in [2.05, 4.69) is 6.92 Å². The molecule has 2 aromatic heterocycles. The highest BCUT2D eigenvalue weighted by atomic mass is 32.2. The summed E-state index contributed by atoms with van der Waals surface area (Å²) in [6.07, 6.45) is 6.95. The third kappa shape index (κ3) is 4.38. The van der Waals surface area contributed by atoms with Gasteiger partial charge >= 0.3 is 0 Å². The highest BCUT2D eigenvalue weighted by Gasteiger charge is 2.32. The molecule has 2 aromatic carbocycles. The molecule has 1 amide bonds. The summed E-state index contributed by atoms with van der Waals surface area (Å²) in [5.41, 5.74) is 3.23. The summed E-state index contributed by atoms with van der Waals surface area (Å²) in [6.45, 7) is 2.81. The lowest BCUT2D eigenvalue weighted by atomic mass is 10.1. The number of thiocarbonyl (C=S) groups is 1. The molecule has 0 bridgehead atoms. The van der Waals surface area contributed by atoms with Crippen LogP contribution < -0.4 is 0 Å². The highest BCUT2D eigenvalue weighted by Crippen LogP contribution is 2.36. The first-order valence-electron chi connectivity index (χ1n) is 11.0. The predicted molar refractivity (Wildman–Crippen MR) is 138 cm³/mol. The van der Waals surface area contributed by atoms with Crippen molar-refractivity contribution in [2.45, 2.75) is 26.2 Å². The van der Waals surface area contributed by atoms with Crippen LogP contribution >= 0.6 is 24.0 Å². The van der Waals surface area contributed by atoms with Crippen LogP contribution in [0, 0.1) is 0 Å². The van der Waals surface area contributed by atoms with Gasteiger partial charge in [-0.2, -0.15) is 5.10 Å². The van der Waals surface area contributed by atoms with Gasteiger partial charge in [-0.1, -0.05) is 80.1 Å². The molecular weight excluding hydrogens is 450 g/mol. The summed E-state index contributed by atoms with van der Waals surface area (Å²) in [4.78, 5) is 15.4. The minimum absolute atomic E-state index is 0.0379. The molecule has 166 valence electrons. The predicted octanol–water partition coefficient (Wildman–Crippen LogP) is 6.68. The summed E-state index contributed by atoms with van der Waals surface area (Å²) in [5, 5.41) is 5.83. The lowest BCUT2D eigenvalue weighted by Gasteiger charge is -2.13. The molecule has 0 spiro atoms. The van der Waals surface area contributed by atoms with Crippen LogP contribution in [0.4, 0.5) is 0 Å². The van der Waals surface area contributed by atoms with Crippen molar-refractivity contribution in [3.63, 3.8) is 0 Å². The van der Waals surface area contributed by atoms with Crippen LogP contribution in [-0.2, 0) is 4.79 Å². The maximum atomic E-state index is 13.1. The minimum atomic E-state index is -0.0379. The van der Waals surface area contributed by atoms with Gasteiger partial charge in [0, 0.05) is 23.7 Å². The number of hydrogen-bond donors (Lipinski definition) is 0. The third-order valence-corrected chi connectivity index (χ3v) is 6.95. The van der Waals surface area contributed by atoms with E-state index in [1.54, 1.807) is 4.90 Å². The number of hydrogen-bond acceptors (Lipinski definition) is 5. The largest absolute Gasteiger partial charge is 0.454 e. The molecule has 0 radical (unpaired) electrons. The lowest BCUT2D eigenvalue weighted by Crippen LogP contribution is -2.28. The Morgan fingerprint density at radius 2 is 1.88 bits per heavy atom. The summed E-state index contributed by atoms with van der Waals surface area (Å²) in [6, 6.07) is 19.8. The number of unbranched alkanes of at least 4 members (excludes halogenated alkanes) is 2. The lowest BCUT2D eigenvalue weighted by molar-refractivity contribution is -0.122. The van der Waals surface area contributed by atoms with E-state index < -0.39 is 0 Å². The number of benzene rings is 2. The van der Waals surface area contributed by atoms with Gasteiger partial charge in [-0.3, -0.25) is 9.69 Å². The molecule has 4 aromatic rings. The van der Waals surface area contributed by atoms with E-state index in [1.807, 2.05) is 77.6 Å². The van der Waals surface area contributed by atoms with E-state index in [1.165, 1.54) is 11.8 Å². The molecule has 5 nitrogen and oxygen atoms in total. The Kier molecular flexibility index (Phi) is 6.15. The van der Waals surface area contributed by atoms with Crippen molar-refractivity contribution in [1.82, 2.24) is 14.7 Å². The summed E-state index contributed by atoms with van der Waals surface area (Å²) in [7, 11) is 0. The van der Waals surface area contributed by atoms with Crippen LogP contribution in [0.5, 0.6) is 0 Å². The van der Waals surface area contributed by atoms with E-state index in [0.717, 1.165) is 41.5 Å². The van der Waals surface area contributed by atoms with Crippen molar-refractivity contribution in [3.05, 3.63) is 77.3 Å². The number of para-hydroxylation sites is 2. The first kappa shape index (κ1) is 21.7. The summed E-state index contributed by atoms with van der Waals surface area (Å²) < 4.78 is 8.54. The molecule has 0 saturated carbocycles. The van der Waals surface area contributed by atoms with Gasteiger partial charge in [0.25, 0.3) is 5.91 Å². The van der Waals surface area contributed by atoms with Crippen molar-refractivity contribution in [2.24, 2.45) is 0 Å². The SMILES string of the molecule is CCCCCN1C(=O)C(=Cc2cn(-c3ccccc3)nc2-c2cc3ccccc3o2)SC1=S. The molecule has 1 saturated heterocycles. The number of nitrogens with zero attached hydrogens (tertiary/aromatic N) is 3. The topological polar surface area (TPSA) is 51.3 Å². The molecular formula is C26H23N3O2S2. The average molecular weight is 474 g/mol. The number of carbonyl (C=O) groups excluding carboxylic acids is 1. The molecule has 0 unspecified atom stereocenters. The van der Waals surface area contributed by atoms with Crippen molar-refractivity contribution >= 4 is 51.3 Å². The molecule has 0 atom stereocenters. The standard InChI is InChI=1S/C26H23N3O2S2/c1-2-3-9-14-28-25(30)23(33-26(28)32)16-19-17-29(20-11-5-4-6-12-20)27-24(19)22-15-18-10-7-8-13-21(18)31-22/h4-8,10-13,15-17H,2-3,9,14H2,1H3. The molecule has 1 fully saturated rings. The Morgan fingerprint density at radius 3 is 2.67 bits per heavy atom. The molecule has 7 heteroatoms. The zero-order valence-electron chi connectivity index (χ0n) is 18.2. The fourth-order valence-corrected chi connectivity index (χ4v) is 5.15. The summed E-state index contributed by atoms with van der Waals surface area (Å²) >= 11 is 6.85. The van der Waals surface area contributed by atoms with E-state index in [-0.39, 0.29) is 5.91 Å². The van der Waals surface area contributed by atoms with Gasteiger partial charge in [0.15, 0.2) is 5.76 Å². The number of amides is 1. The van der Waals surface area contributed by atoms with Crippen LogP contribution in [0.2, 0.25) is 0 Å². The number of thioether (sulfide) groups is 1. The first-order valence-corrected chi connectivity index (χ1v) is 12.3. The van der Waals surface area contributed by atoms with E-state index >= 15 is 0 Å². The van der Waals surface area contributed by atoms with E-state index in [0.29, 0.717) is 27.2 Å². The van der Waals surface area contributed by atoms with Gasteiger partial charge in [-0.25, -0.2) is 4.68 Å². The van der Waals surface area contributed by atoms with Crippen molar-refractivity contribution in [3.8, 4) is 17.1 Å². The smallest absolute Gasteiger partial charge is 0.266 e. The number of rotatable bonds is 7. The Hall–Kier alpha value is -3.16. The number of carbonyl (C=O) groups is 1. The number of aromatic nitrogens is 2. The maximum Gasteiger partial charge on any atom is 0.266 e. The van der Waals surface area contributed by atoms with Gasteiger partial charge in [0.2, 0.25) is 0 Å². The highest BCUT2D eigenvalue weighted by molar-refractivity contribution is 8.26. The number of furan rings is 1.